The van der Waals surface area contributed by atoms with Gasteiger partial charge in [0.1, 0.15) is 5.75 Å². The van der Waals surface area contributed by atoms with E-state index in [0.29, 0.717) is 5.75 Å². The molecule has 1 aromatic rings. The Morgan fingerprint density at radius 3 is 2.86 bits per heavy atom. The van der Waals surface area contributed by atoms with Crippen molar-refractivity contribution in [3.8, 4) is 5.75 Å². The monoisotopic (exact) mass is 195 g/mol. The molecule has 0 atom stereocenters. The largest absolute Gasteiger partial charge is 0.495 e. The van der Waals surface area contributed by atoms with Crippen LogP contribution in [-0.4, -0.2) is 19.6 Å². The highest BCUT2D eigenvalue weighted by atomic mass is 16.5. The molecule has 0 saturated heterocycles. The molecule has 0 saturated carbocycles. The summed E-state index contributed by atoms with van der Waals surface area (Å²) in [4.78, 5) is 10.8. The van der Waals surface area contributed by atoms with Gasteiger partial charge in [0, 0.05) is 0 Å². The highest BCUT2D eigenvalue weighted by Gasteiger charge is 2.02. The van der Waals surface area contributed by atoms with Crippen molar-refractivity contribution in [1.82, 2.24) is 5.43 Å². The van der Waals surface area contributed by atoms with Crippen molar-refractivity contribution < 1.29 is 9.53 Å². The number of hydrogen-bond donors (Lipinski definition) is 3. The fraction of sp³-hybridized carbons (Fsp3) is 0.222. The van der Waals surface area contributed by atoms with E-state index in [1.165, 1.54) is 0 Å². The van der Waals surface area contributed by atoms with Gasteiger partial charge in [-0.1, -0.05) is 12.1 Å². The van der Waals surface area contributed by atoms with Gasteiger partial charge in [-0.3, -0.25) is 10.2 Å². The molecule has 0 heterocycles. The van der Waals surface area contributed by atoms with Crippen molar-refractivity contribution in [3.05, 3.63) is 24.3 Å². The van der Waals surface area contributed by atoms with Gasteiger partial charge in [-0.25, -0.2) is 5.84 Å². The second-order valence-electron chi connectivity index (χ2n) is 2.62. The van der Waals surface area contributed by atoms with Crippen LogP contribution < -0.4 is 21.3 Å². The van der Waals surface area contributed by atoms with Crippen molar-refractivity contribution in [3.63, 3.8) is 0 Å². The molecule has 0 aliphatic carbocycles. The minimum absolute atomic E-state index is 0.122. The fourth-order valence-electron chi connectivity index (χ4n) is 1.02. The number of amides is 1. The molecule has 4 N–H and O–H groups in total. The molecule has 0 bridgehead atoms. The highest BCUT2D eigenvalue weighted by molar-refractivity contribution is 5.80. The summed E-state index contributed by atoms with van der Waals surface area (Å²) in [6, 6.07) is 7.34. The van der Waals surface area contributed by atoms with Crippen molar-refractivity contribution >= 4 is 11.6 Å². The average Bonchev–Trinajstić information content (AvgIpc) is 2.26. The molecular formula is C9H13N3O2. The zero-order chi connectivity index (χ0) is 10.4. The smallest absolute Gasteiger partial charge is 0.253 e. The standard InChI is InChI=1S/C9H13N3O2/c1-14-8-5-3-2-4-7(8)11-6-9(13)12-10/h2-5,11H,6,10H2,1H3,(H,12,13). The first-order valence-electron chi connectivity index (χ1n) is 4.14. The summed E-state index contributed by atoms with van der Waals surface area (Å²) < 4.78 is 5.09. The lowest BCUT2D eigenvalue weighted by Crippen LogP contribution is -2.35. The summed E-state index contributed by atoms with van der Waals surface area (Å²) in [5.41, 5.74) is 2.79. The number of methoxy groups -OCH3 is 1. The zero-order valence-corrected chi connectivity index (χ0v) is 7.91. The Hall–Kier alpha value is -1.75. The van der Waals surface area contributed by atoms with E-state index in [9.17, 15) is 4.79 Å². The predicted octanol–water partition coefficient (Wildman–Crippen LogP) is 0.0970. The molecule has 0 spiro atoms. The summed E-state index contributed by atoms with van der Waals surface area (Å²) >= 11 is 0. The van der Waals surface area contributed by atoms with Gasteiger partial charge >= 0.3 is 0 Å². The lowest BCUT2D eigenvalue weighted by Gasteiger charge is -2.09. The first-order chi connectivity index (χ1) is 6.77. The van der Waals surface area contributed by atoms with E-state index in [1.54, 1.807) is 7.11 Å². The number of rotatable bonds is 4. The first-order valence-corrected chi connectivity index (χ1v) is 4.14. The number of hydrazine groups is 1. The number of carbonyl (C=O) groups is 1. The molecule has 14 heavy (non-hydrogen) atoms. The van der Waals surface area contributed by atoms with Gasteiger partial charge in [-0.05, 0) is 12.1 Å². The summed E-state index contributed by atoms with van der Waals surface area (Å²) in [7, 11) is 1.57. The van der Waals surface area contributed by atoms with Gasteiger partial charge in [0.2, 0.25) is 0 Å². The maximum atomic E-state index is 10.8. The molecule has 5 heteroatoms. The second kappa shape index (κ2) is 5.08. The lowest BCUT2D eigenvalue weighted by molar-refractivity contribution is -0.119. The molecule has 0 unspecified atom stereocenters. The molecule has 0 aromatic heterocycles. The third-order valence-corrected chi connectivity index (χ3v) is 1.71. The lowest BCUT2D eigenvalue weighted by atomic mass is 10.3. The number of nitrogens with two attached hydrogens (primary N) is 1. The summed E-state index contributed by atoms with van der Waals surface area (Å²) in [6.45, 7) is 0.122. The first kappa shape index (κ1) is 10.3. The summed E-state index contributed by atoms with van der Waals surface area (Å²) in [5, 5.41) is 2.90. The molecule has 0 aliphatic heterocycles. The predicted molar refractivity (Wildman–Crippen MR) is 53.8 cm³/mol. The van der Waals surface area contributed by atoms with E-state index in [1.807, 2.05) is 29.7 Å². The van der Waals surface area contributed by atoms with E-state index in [-0.39, 0.29) is 12.5 Å². The number of benzene rings is 1. The Kier molecular flexibility index (Phi) is 3.75. The van der Waals surface area contributed by atoms with E-state index >= 15 is 0 Å². The van der Waals surface area contributed by atoms with Crippen LogP contribution in [0.3, 0.4) is 0 Å². The molecule has 1 amide bonds. The van der Waals surface area contributed by atoms with E-state index in [2.05, 4.69) is 5.32 Å². The molecule has 76 valence electrons. The highest BCUT2D eigenvalue weighted by Crippen LogP contribution is 2.22. The third kappa shape index (κ3) is 2.63. The fourth-order valence-corrected chi connectivity index (χ4v) is 1.02. The third-order valence-electron chi connectivity index (χ3n) is 1.71. The maximum Gasteiger partial charge on any atom is 0.253 e. The SMILES string of the molecule is COc1ccccc1NCC(=O)NN. The molecular weight excluding hydrogens is 182 g/mol. The van der Waals surface area contributed by atoms with Crippen molar-refractivity contribution in [2.24, 2.45) is 5.84 Å². The minimum Gasteiger partial charge on any atom is -0.495 e. The number of carbonyl (C=O) groups excluding carboxylic acids is 1. The van der Waals surface area contributed by atoms with Crippen LogP contribution in [0.15, 0.2) is 24.3 Å². The molecule has 5 nitrogen and oxygen atoms in total. The van der Waals surface area contributed by atoms with Gasteiger partial charge in [0.05, 0.1) is 19.3 Å². The summed E-state index contributed by atoms with van der Waals surface area (Å²) in [6.07, 6.45) is 0. The Morgan fingerprint density at radius 1 is 1.50 bits per heavy atom. The van der Waals surface area contributed by atoms with Crippen LogP contribution in [0.1, 0.15) is 0 Å². The summed E-state index contributed by atoms with van der Waals surface area (Å²) in [5.74, 6) is 5.35. The quantitative estimate of drug-likeness (QED) is 0.362. The van der Waals surface area contributed by atoms with Crippen LogP contribution in [0, 0.1) is 0 Å². The van der Waals surface area contributed by atoms with Crippen LogP contribution >= 0.6 is 0 Å². The molecule has 1 aromatic carbocycles. The second-order valence-corrected chi connectivity index (χ2v) is 2.62. The van der Waals surface area contributed by atoms with Gasteiger partial charge in [-0.2, -0.15) is 0 Å². The molecule has 0 fully saturated rings. The van der Waals surface area contributed by atoms with Gasteiger partial charge in [0.15, 0.2) is 0 Å². The normalized spacial score (nSPS) is 9.29. The van der Waals surface area contributed by atoms with Crippen LogP contribution in [0.5, 0.6) is 5.75 Å². The van der Waals surface area contributed by atoms with Crippen LogP contribution in [0.2, 0.25) is 0 Å². The number of nitrogens with one attached hydrogen (secondary N) is 2. The minimum atomic E-state index is -0.282. The van der Waals surface area contributed by atoms with Gasteiger partial charge in [0.25, 0.3) is 5.91 Å². The topological polar surface area (TPSA) is 76.4 Å². The van der Waals surface area contributed by atoms with Gasteiger partial charge in [-0.15, -0.1) is 0 Å². The number of hydrogen-bond acceptors (Lipinski definition) is 4. The van der Waals surface area contributed by atoms with E-state index in [0.717, 1.165) is 5.69 Å². The number of para-hydroxylation sites is 2. The Bertz CT molecular complexity index is 315. The molecule has 0 aliphatic rings. The molecule has 1 rings (SSSR count). The van der Waals surface area contributed by atoms with Gasteiger partial charge < -0.3 is 10.1 Å². The Balaban J connectivity index is 2.61. The Labute approximate surface area is 82.2 Å². The van der Waals surface area contributed by atoms with Crippen molar-refractivity contribution in [2.45, 2.75) is 0 Å². The number of anilines is 1. The maximum absolute atomic E-state index is 10.8. The van der Waals surface area contributed by atoms with Crippen LogP contribution in [-0.2, 0) is 4.79 Å². The zero-order valence-electron chi connectivity index (χ0n) is 7.91. The van der Waals surface area contributed by atoms with Crippen LogP contribution in [0.25, 0.3) is 0 Å². The average molecular weight is 195 g/mol. The van der Waals surface area contributed by atoms with Crippen molar-refractivity contribution in [2.75, 3.05) is 19.0 Å². The van der Waals surface area contributed by atoms with Crippen LogP contribution in [0.4, 0.5) is 5.69 Å². The molecule has 0 radical (unpaired) electrons. The van der Waals surface area contributed by atoms with Crippen molar-refractivity contribution in [1.29, 1.82) is 0 Å². The number of ether oxygens (including phenoxy) is 1. The Morgan fingerprint density at radius 2 is 2.21 bits per heavy atom. The van der Waals surface area contributed by atoms with E-state index in [4.69, 9.17) is 10.6 Å². The van der Waals surface area contributed by atoms with E-state index < -0.39 is 0 Å².